The molecule has 0 saturated carbocycles. The first-order valence-corrected chi connectivity index (χ1v) is 9.54. The summed E-state index contributed by atoms with van der Waals surface area (Å²) >= 11 is 7.58. The highest BCUT2D eigenvalue weighted by atomic mass is 35.5. The van der Waals surface area contributed by atoms with Crippen LogP contribution in [0.5, 0.6) is 0 Å². The third-order valence-electron chi connectivity index (χ3n) is 3.86. The van der Waals surface area contributed by atoms with Crippen LogP contribution >= 0.6 is 23.4 Å². The Morgan fingerprint density at radius 3 is 2.31 bits per heavy atom. The van der Waals surface area contributed by atoms with Crippen LogP contribution in [0, 0.1) is 0 Å². The zero-order valence-corrected chi connectivity index (χ0v) is 15.6. The summed E-state index contributed by atoms with van der Waals surface area (Å²) in [5, 5.41) is 3.28. The van der Waals surface area contributed by atoms with Gasteiger partial charge in [0.1, 0.15) is 0 Å². The molecule has 0 aliphatic carbocycles. The van der Waals surface area contributed by atoms with Gasteiger partial charge in [-0.2, -0.15) is 0 Å². The molecule has 3 aromatic rings. The van der Waals surface area contributed by atoms with Crippen LogP contribution in [0.25, 0.3) is 0 Å². The second-order valence-electron chi connectivity index (χ2n) is 5.54. The Morgan fingerprint density at radius 2 is 1.58 bits per heavy atom. The summed E-state index contributed by atoms with van der Waals surface area (Å²) in [7, 11) is 0. The molecule has 0 unspecified atom stereocenters. The number of thioether (sulfide) groups is 1. The first-order valence-electron chi connectivity index (χ1n) is 7.94. The minimum Gasteiger partial charge on any atom is -0.321 e. The van der Waals surface area contributed by atoms with Crippen LogP contribution in [0.4, 0.5) is 5.69 Å². The Morgan fingerprint density at radius 1 is 0.885 bits per heavy atom. The lowest BCUT2D eigenvalue weighted by atomic mass is 10.0. The maximum absolute atomic E-state index is 12.8. The number of amides is 1. The number of nitrogens with one attached hydrogen (secondary N) is 1. The molecule has 1 N–H and O–H groups in total. The quantitative estimate of drug-likeness (QED) is 0.466. The third-order valence-corrected chi connectivity index (χ3v) is 4.89. The van der Waals surface area contributed by atoms with E-state index in [0.29, 0.717) is 27.4 Å². The van der Waals surface area contributed by atoms with Gasteiger partial charge < -0.3 is 5.32 Å². The molecule has 130 valence electrons. The van der Waals surface area contributed by atoms with Gasteiger partial charge in [0.15, 0.2) is 5.78 Å². The van der Waals surface area contributed by atoms with Crippen molar-refractivity contribution in [2.45, 2.75) is 4.90 Å². The van der Waals surface area contributed by atoms with Gasteiger partial charge in [0.2, 0.25) is 0 Å². The van der Waals surface area contributed by atoms with E-state index in [1.165, 1.54) is 11.8 Å². The molecule has 3 rings (SSSR count). The first kappa shape index (κ1) is 18.2. The van der Waals surface area contributed by atoms with E-state index in [1.54, 1.807) is 48.5 Å². The molecule has 0 fully saturated rings. The number of hydrogen-bond donors (Lipinski definition) is 1. The number of ketones is 1. The van der Waals surface area contributed by atoms with Gasteiger partial charge in [-0.05, 0) is 36.6 Å². The molecule has 0 aliphatic rings. The maximum Gasteiger partial charge on any atom is 0.256 e. The van der Waals surface area contributed by atoms with E-state index in [9.17, 15) is 9.59 Å². The van der Waals surface area contributed by atoms with E-state index in [4.69, 9.17) is 11.6 Å². The molecule has 0 spiro atoms. The van der Waals surface area contributed by atoms with Crippen molar-refractivity contribution in [1.82, 2.24) is 0 Å². The Balaban J connectivity index is 1.96. The van der Waals surface area contributed by atoms with E-state index in [1.807, 2.05) is 30.5 Å². The summed E-state index contributed by atoms with van der Waals surface area (Å²) in [6, 6.07) is 21.1. The minimum absolute atomic E-state index is 0.193. The average Bonchev–Trinajstić information content (AvgIpc) is 2.69. The van der Waals surface area contributed by atoms with Crippen LogP contribution in [0.15, 0.2) is 77.7 Å². The number of carbonyl (C=O) groups excluding carboxylic acids is 2. The van der Waals surface area contributed by atoms with Crippen LogP contribution in [-0.4, -0.2) is 17.9 Å². The van der Waals surface area contributed by atoms with E-state index < -0.39 is 0 Å². The number of halogens is 1. The molecule has 26 heavy (non-hydrogen) atoms. The van der Waals surface area contributed by atoms with Gasteiger partial charge in [0.05, 0.1) is 11.3 Å². The van der Waals surface area contributed by atoms with Crippen LogP contribution in [0.2, 0.25) is 5.02 Å². The van der Waals surface area contributed by atoms with Crippen molar-refractivity contribution < 1.29 is 9.59 Å². The Kier molecular flexibility index (Phi) is 5.76. The lowest BCUT2D eigenvalue weighted by Crippen LogP contribution is -2.16. The van der Waals surface area contributed by atoms with Crippen molar-refractivity contribution in [3.63, 3.8) is 0 Å². The van der Waals surface area contributed by atoms with E-state index in [0.717, 1.165) is 4.90 Å². The largest absolute Gasteiger partial charge is 0.321 e. The molecule has 5 heteroatoms. The summed E-state index contributed by atoms with van der Waals surface area (Å²) < 4.78 is 0. The summed E-state index contributed by atoms with van der Waals surface area (Å²) in [5.74, 6) is -0.457. The molecule has 0 saturated heterocycles. The minimum atomic E-state index is -0.264. The van der Waals surface area contributed by atoms with Crippen LogP contribution < -0.4 is 5.32 Å². The fourth-order valence-corrected chi connectivity index (χ4v) is 3.35. The van der Waals surface area contributed by atoms with E-state index in [2.05, 4.69) is 5.32 Å². The van der Waals surface area contributed by atoms with Crippen molar-refractivity contribution in [3.8, 4) is 0 Å². The third kappa shape index (κ3) is 3.98. The van der Waals surface area contributed by atoms with E-state index >= 15 is 0 Å². The van der Waals surface area contributed by atoms with Gasteiger partial charge >= 0.3 is 0 Å². The predicted molar refractivity (Wildman–Crippen MR) is 108 cm³/mol. The lowest BCUT2D eigenvalue weighted by Gasteiger charge is -2.12. The van der Waals surface area contributed by atoms with E-state index in [-0.39, 0.29) is 11.7 Å². The number of hydrogen-bond acceptors (Lipinski definition) is 3. The SMILES string of the molecule is CSc1ccccc1C(=O)Nc1ccc(Cl)cc1C(=O)c1ccccc1. The molecule has 0 radical (unpaired) electrons. The number of benzene rings is 3. The van der Waals surface area contributed by atoms with Crippen molar-refractivity contribution >= 4 is 40.7 Å². The zero-order valence-electron chi connectivity index (χ0n) is 14.0. The topological polar surface area (TPSA) is 46.2 Å². The number of anilines is 1. The van der Waals surface area contributed by atoms with Gasteiger partial charge in [0.25, 0.3) is 5.91 Å². The molecular formula is C21H16ClNO2S. The highest BCUT2D eigenvalue weighted by Gasteiger charge is 2.17. The lowest BCUT2D eigenvalue weighted by molar-refractivity contribution is 0.102. The molecule has 0 bridgehead atoms. The Labute approximate surface area is 161 Å². The number of carbonyl (C=O) groups is 2. The van der Waals surface area contributed by atoms with Crippen molar-refractivity contribution in [3.05, 3.63) is 94.5 Å². The van der Waals surface area contributed by atoms with Gasteiger partial charge in [-0.25, -0.2) is 0 Å². The van der Waals surface area contributed by atoms with Gasteiger partial charge in [-0.15, -0.1) is 11.8 Å². The smallest absolute Gasteiger partial charge is 0.256 e. The number of rotatable bonds is 5. The fourth-order valence-electron chi connectivity index (χ4n) is 2.58. The first-order chi connectivity index (χ1) is 12.6. The molecule has 0 aliphatic heterocycles. The molecule has 0 atom stereocenters. The molecular weight excluding hydrogens is 366 g/mol. The Hall–Kier alpha value is -2.56. The fraction of sp³-hybridized carbons (Fsp3) is 0.0476. The van der Waals surface area contributed by atoms with Crippen LogP contribution in [-0.2, 0) is 0 Å². The highest BCUT2D eigenvalue weighted by molar-refractivity contribution is 7.98. The van der Waals surface area contributed by atoms with Gasteiger partial charge in [-0.3, -0.25) is 9.59 Å². The van der Waals surface area contributed by atoms with Gasteiger partial charge in [-0.1, -0.05) is 54.1 Å². The molecule has 3 aromatic carbocycles. The van der Waals surface area contributed by atoms with Crippen molar-refractivity contribution in [2.75, 3.05) is 11.6 Å². The normalized spacial score (nSPS) is 10.4. The van der Waals surface area contributed by atoms with Crippen molar-refractivity contribution in [2.24, 2.45) is 0 Å². The van der Waals surface area contributed by atoms with Gasteiger partial charge in [0, 0.05) is 21.0 Å². The predicted octanol–water partition coefficient (Wildman–Crippen LogP) is 5.55. The summed E-state index contributed by atoms with van der Waals surface area (Å²) in [4.78, 5) is 26.4. The molecule has 1 amide bonds. The molecule has 3 nitrogen and oxygen atoms in total. The second kappa shape index (κ2) is 8.21. The standard InChI is InChI=1S/C21H16ClNO2S/c1-26-19-10-6-5-9-16(19)21(25)23-18-12-11-15(22)13-17(18)20(24)14-7-3-2-4-8-14/h2-13H,1H3,(H,23,25). The highest BCUT2D eigenvalue weighted by Crippen LogP contribution is 2.26. The maximum atomic E-state index is 12.8. The summed E-state index contributed by atoms with van der Waals surface area (Å²) in [5.41, 5.74) is 1.89. The molecule has 0 aromatic heterocycles. The average molecular weight is 382 g/mol. The zero-order chi connectivity index (χ0) is 18.5. The van der Waals surface area contributed by atoms with Crippen LogP contribution in [0.3, 0.4) is 0 Å². The monoisotopic (exact) mass is 381 g/mol. The molecule has 0 heterocycles. The summed E-state index contributed by atoms with van der Waals surface area (Å²) in [6.45, 7) is 0. The van der Waals surface area contributed by atoms with Crippen LogP contribution in [0.1, 0.15) is 26.3 Å². The van der Waals surface area contributed by atoms with Crippen molar-refractivity contribution in [1.29, 1.82) is 0 Å². The second-order valence-corrected chi connectivity index (χ2v) is 6.82. The summed E-state index contributed by atoms with van der Waals surface area (Å²) in [6.07, 6.45) is 1.92. The Bertz CT molecular complexity index is 957.